The van der Waals surface area contributed by atoms with Crippen LogP contribution in [0.25, 0.3) is 10.8 Å². The van der Waals surface area contributed by atoms with Gasteiger partial charge in [-0.2, -0.15) is 0 Å². The molecular formula is C25H28N2O3. The second kappa shape index (κ2) is 9.92. The first kappa shape index (κ1) is 21.4. The lowest BCUT2D eigenvalue weighted by Crippen LogP contribution is -2.35. The van der Waals surface area contributed by atoms with Crippen molar-refractivity contribution in [2.24, 2.45) is 0 Å². The Morgan fingerprint density at radius 1 is 0.900 bits per heavy atom. The molecule has 2 amide bonds. The van der Waals surface area contributed by atoms with Crippen molar-refractivity contribution in [2.75, 3.05) is 5.32 Å². The van der Waals surface area contributed by atoms with Gasteiger partial charge in [0, 0.05) is 6.04 Å². The number of hydrogen-bond acceptors (Lipinski definition) is 3. The molecule has 0 saturated heterocycles. The first-order valence-electron chi connectivity index (χ1n) is 10.4. The lowest BCUT2D eigenvalue weighted by Gasteiger charge is -2.19. The minimum atomic E-state index is -0.670. The average Bonchev–Trinajstić information content (AvgIpc) is 2.77. The molecule has 3 aromatic carbocycles. The Balaban J connectivity index is 1.74. The molecule has 2 atom stereocenters. The zero-order valence-electron chi connectivity index (χ0n) is 17.6. The maximum atomic E-state index is 12.9. The summed E-state index contributed by atoms with van der Waals surface area (Å²) in [5.41, 5.74) is 0.913. The molecule has 0 aliphatic heterocycles. The fraction of sp³-hybridized carbons (Fsp3) is 0.280. The third kappa shape index (κ3) is 5.17. The Bertz CT molecular complexity index is 1030. The molecule has 3 rings (SSSR count). The van der Waals surface area contributed by atoms with Crippen LogP contribution in [0.4, 0.5) is 5.69 Å². The summed E-state index contributed by atoms with van der Waals surface area (Å²) in [6.45, 7) is 5.85. The van der Waals surface area contributed by atoms with Crippen LogP contribution in [0, 0.1) is 0 Å². The molecule has 3 aromatic rings. The number of hydrogen-bond donors (Lipinski definition) is 2. The molecule has 0 aliphatic carbocycles. The standard InChI is InChI=1S/C25H28N2O3/c1-4-17(3)26-24(28)21-12-8-9-13-22(21)27-25(29)23(5-2)30-20-15-14-18-10-6-7-11-19(18)16-20/h6-17,23H,4-5H2,1-3H3,(H,26,28)(H,27,29). The molecule has 0 bridgehead atoms. The number of amides is 2. The Kier molecular flexibility index (Phi) is 7.07. The number of rotatable bonds is 8. The van der Waals surface area contributed by atoms with Gasteiger partial charge in [0.1, 0.15) is 5.75 Å². The molecule has 0 radical (unpaired) electrons. The summed E-state index contributed by atoms with van der Waals surface area (Å²) in [5, 5.41) is 7.97. The van der Waals surface area contributed by atoms with Gasteiger partial charge in [-0.25, -0.2) is 0 Å². The molecule has 5 nitrogen and oxygen atoms in total. The molecule has 0 aromatic heterocycles. The summed E-state index contributed by atoms with van der Waals surface area (Å²) < 4.78 is 5.98. The van der Waals surface area contributed by atoms with E-state index in [1.165, 1.54) is 0 Å². The van der Waals surface area contributed by atoms with Crippen molar-refractivity contribution in [3.63, 3.8) is 0 Å². The van der Waals surface area contributed by atoms with Crippen LogP contribution in [-0.4, -0.2) is 24.0 Å². The van der Waals surface area contributed by atoms with Gasteiger partial charge in [0.15, 0.2) is 6.10 Å². The second-order valence-electron chi connectivity index (χ2n) is 7.34. The highest BCUT2D eigenvalue weighted by molar-refractivity contribution is 6.04. The van der Waals surface area contributed by atoms with Gasteiger partial charge in [0.2, 0.25) is 0 Å². The highest BCUT2D eigenvalue weighted by Crippen LogP contribution is 2.23. The molecule has 0 spiro atoms. The number of fused-ring (bicyclic) bond motifs is 1. The van der Waals surface area contributed by atoms with Gasteiger partial charge in [-0.05, 0) is 54.8 Å². The van der Waals surface area contributed by atoms with Crippen molar-refractivity contribution in [3.8, 4) is 5.75 Å². The zero-order valence-corrected chi connectivity index (χ0v) is 17.6. The molecule has 0 heterocycles. The van der Waals surface area contributed by atoms with E-state index < -0.39 is 6.10 Å². The first-order chi connectivity index (χ1) is 14.5. The van der Waals surface area contributed by atoms with Gasteiger partial charge in [-0.3, -0.25) is 9.59 Å². The minimum Gasteiger partial charge on any atom is -0.481 e. The van der Waals surface area contributed by atoms with Crippen molar-refractivity contribution >= 4 is 28.3 Å². The summed E-state index contributed by atoms with van der Waals surface area (Å²) in [6, 6.07) is 20.8. The normalized spacial score (nSPS) is 12.8. The SMILES string of the molecule is CCC(C)NC(=O)c1ccccc1NC(=O)C(CC)Oc1ccc2ccccc2c1. The van der Waals surface area contributed by atoms with Crippen molar-refractivity contribution < 1.29 is 14.3 Å². The molecule has 0 saturated carbocycles. The molecular weight excluding hydrogens is 376 g/mol. The number of carbonyl (C=O) groups is 2. The van der Waals surface area contributed by atoms with E-state index in [1.807, 2.05) is 63.2 Å². The third-order valence-corrected chi connectivity index (χ3v) is 5.08. The fourth-order valence-corrected chi connectivity index (χ4v) is 3.13. The Labute approximate surface area is 177 Å². The van der Waals surface area contributed by atoms with E-state index >= 15 is 0 Å². The monoisotopic (exact) mass is 404 g/mol. The molecule has 156 valence electrons. The predicted molar refractivity (Wildman–Crippen MR) is 121 cm³/mol. The largest absolute Gasteiger partial charge is 0.481 e. The van der Waals surface area contributed by atoms with Crippen LogP contribution in [0.3, 0.4) is 0 Å². The average molecular weight is 405 g/mol. The number of ether oxygens (including phenoxy) is 1. The van der Waals surface area contributed by atoms with Crippen LogP contribution >= 0.6 is 0 Å². The zero-order chi connectivity index (χ0) is 21.5. The molecule has 2 N–H and O–H groups in total. The van der Waals surface area contributed by atoms with Gasteiger partial charge in [-0.15, -0.1) is 0 Å². The Hall–Kier alpha value is -3.34. The molecule has 30 heavy (non-hydrogen) atoms. The van der Waals surface area contributed by atoms with Crippen LogP contribution in [0.5, 0.6) is 5.75 Å². The number of anilines is 1. The fourth-order valence-electron chi connectivity index (χ4n) is 3.13. The van der Waals surface area contributed by atoms with Gasteiger partial charge in [-0.1, -0.05) is 56.3 Å². The first-order valence-corrected chi connectivity index (χ1v) is 10.4. The Morgan fingerprint density at radius 2 is 1.60 bits per heavy atom. The molecule has 0 aliphatic rings. The van der Waals surface area contributed by atoms with Crippen LogP contribution in [-0.2, 0) is 4.79 Å². The van der Waals surface area contributed by atoms with E-state index in [1.54, 1.807) is 24.3 Å². The van der Waals surface area contributed by atoms with Crippen molar-refractivity contribution in [2.45, 2.75) is 45.8 Å². The Morgan fingerprint density at radius 3 is 2.33 bits per heavy atom. The smallest absolute Gasteiger partial charge is 0.265 e. The number of benzene rings is 3. The number of nitrogens with one attached hydrogen (secondary N) is 2. The van der Waals surface area contributed by atoms with Crippen LogP contribution in [0.1, 0.15) is 44.0 Å². The predicted octanol–water partition coefficient (Wildman–Crippen LogP) is 5.16. The molecule has 2 unspecified atom stereocenters. The van der Waals surface area contributed by atoms with Crippen molar-refractivity contribution in [3.05, 3.63) is 72.3 Å². The number of carbonyl (C=O) groups excluding carboxylic acids is 2. The van der Waals surface area contributed by atoms with Gasteiger partial charge >= 0.3 is 0 Å². The minimum absolute atomic E-state index is 0.0564. The lowest BCUT2D eigenvalue weighted by atomic mass is 10.1. The van der Waals surface area contributed by atoms with Gasteiger partial charge in [0.25, 0.3) is 11.8 Å². The second-order valence-corrected chi connectivity index (χ2v) is 7.34. The molecule has 0 fully saturated rings. The summed E-state index contributed by atoms with van der Waals surface area (Å²) >= 11 is 0. The van der Waals surface area contributed by atoms with Crippen LogP contribution in [0.15, 0.2) is 66.7 Å². The summed E-state index contributed by atoms with van der Waals surface area (Å²) in [7, 11) is 0. The lowest BCUT2D eigenvalue weighted by molar-refractivity contribution is -0.122. The summed E-state index contributed by atoms with van der Waals surface area (Å²) in [4.78, 5) is 25.5. The topological polar surface area (TPSA) is 67.4 Å². The van der Waals surface area contributed by atoms with E-state index in [9.17, 15) is 9.59 Å². The maximum absolute atomic E-state index is 12.9. The van der Waals surface area contributed by atoms with Gasteiger partial charge in [0.05, 0.1) is 11.3 Å². The van der Waals surface area contributed by atoms with E-state index in [4.69, 9.17) is 4.74 Å². The third-order valence-electron chi connectivity index (χ3n) is 5.08. The van der Waals surface area contributed by atoms with E-state index in [0.717, 1.165) is 17.2 Å². The van der Waals surface area contributed by atoms with Crippen LogP contribution in [0.2, 0.25) is 0 Å². The van der Waals surface area contributed by atoms with E-state index in [0.29, 0.717) is 23.4 Å². The highest BCUT2D eigenvalue weighted by atomic mass is 16.5. The van der Waals surface area contributed by atoms with Crippen LogP contribution < -0.4 is 15.4 Å². The maximum Gasteiger partial charge on any atom is 0.265 e. The van der Waals surface area contributed by atoms with E-state index in [-0.39, 0.29) is 17.9 Å². The molecule has 5 heteroatoms. The van der Waals surface area contributed by atoms with Gasteiger partial charge < -0.3 is 15.4 Å². The summed E-state index contributed by atoms with van der Waals surface area (Å²) in [5.74, 6) is 0.150. The van der Waals surface area contributed by atoms with Crippen molar-refractivity contribution in [1.82, 2.24) is 5.32 Å². The summed E-state index contributed by atoms with van der Waals surface area (Å²) in [6.07, 6.45) is 0.661. The highest BCUT2D eigenvalue weighted by Gasteiger charge is 2.21. The van der Waals surface area contributed by atoms with Crippen molar-refractivity contribution in [1.29, 1.82) is 0 Å². The van der Waals surface area contributed by atoms with E-state index in [2.05, 4.69) is 10.6 Å². The quantitative estimate of drug-likeness (QED) is 0.545. The number of para-hydroxylation sites is 1.